The number of Topliss-reactive ketones (excluding diaryl/α,β-unsaturated/α-hetero) is 1. The van der Waals surface area contributed by atoms with Crippen LogP contribution in [0.1, 0.15) is 24.9 Å². The molecule has 1 fully saturated rings. The van der Waals surface area contributed by atoms with Gasteiger partial charge in [-0.2, -0.15) is 0 Å². The van der Waals surface area contributed by atoms with Crippen LogP contribution in [0.2, 0.25) is 0 Å². The lowest BCUT2D eigenvalue weighted by Gasteiger charge is -2.25. The van der Waals surface area contributed by atoms with Crippen LogP contribution in [-0.2, 0) is 4.79 Å². The van der Waals surface area contributed by atoms with E-state index in [1.54, 1.807) is 6.92 Å². The molecule has 0 bridgehead atoms. The summed E-state index contributed by atoms with van der Waals surface area (Å²) in [6, 6.07) is 9.32. The van der Waals surface area contributed by atoms with Crippen LogP contribution in [0.15, 0.2) is 30.3 Å². The normalized spacial score (nSPS) is 23.2. The maximum Gasteiger partial charge on any atom is 0.151 e. The Bertz CT molecular complexity index is 365. The van der Waals surface area contributed by atoms with E-state index in [-0.39, 0.29) is 11.8 Å². The molecule has 0 spiro atoms. The van der Waals surface area contributed by atoms with Crippen molar-refractivity contribution in [3.05, 3.63) is 35.9 Å². The summed E-state index contributed by atoms with van der Waals surface area (Å²) in [6.07, 6.45) is -0.248. The lowest BCUT2D eigenvalue weighted by molar-refractivity contribution is -0.122. The van der Waals surface area contributed by atoms with Crippen molar-refractivity contribution in [3.8, 4) is 0 Å². The van der Waals surface area contributed by atoms with Gasteiger partial charge in [-0.15, -0.1) is 0 Å². The van der Waals surface area contributed by atoms with Crippen LogP contribution in [0.5, 0.6) is 0 Å². The number of likely N-dealkylation sites (tertiary alicyclic amines) is 1. The molecule has 3 heteroatoms. The van der Waals surface area contributed by atoms with E-state index in [9.17, 15) is 9.18 Å². The fourth-order valence-corrected chi connectivity index (χ4v) is 2.32. The van der Waals surface area contributed by atoms with E-state index in [0.717, 1.165) is 5.56 Å². The van der Waals surface area contributed by atoms with Gasteiger partial charge in [0.2, 0.25) is 0 Å². The molecule has 1 aromatic carbocycles. The second-order valence-electron chi connectivity index (χ2n) is 4.30. The third kappa shape index (κ3) is 2.30. The van der Waals surface area contributed by atoms with Crippen molar-refractivity contribution in [1.29, 1.82) is 0 Å². The number of ketones is 1. The molecule has 1 aliphatic rings. The number of hydrogen-bond acceptors (Lipinski definition) is 2. The van der Waals surface area contributed by atoms with E-state index in [1.165, 1.54) is 0 Å². The molecule has 0 N–H and O–H groups in total. The van der Waals surface area contributed by atoms with Crippen molar-refractivity contribution in [3.63, 3.8) is 0 Å². The summed E-state index contributed by atoms with van der Waals surface area (Å²) in [4.78, 5) is 13.6. The molecule has 1 aromatic rings. The Morgan fingerprint density at radius 1 is 1.44 bits per heavy atom. The van der Waals surface area contributed by atoms with Gasteiger partial charge in [0, 0.05) is 13.1 Å². The average Bonchev–Trinajstić information content (AvgIpc) is 2.66. The fraction of sp³-hybridized carbons (Fsp3) is 0.462. The van der Waals surface area contributed by atoms with Crippen molar-refractivity contribution >= 4 is 5.78 Å². The molecule has 0 unspecified atom stereocenters. The van der Waals surface area contributed by atoms with E-state index in [1.807, 2.05) is 35.2 Å². The molecule has 2 rings (SSSR count). The summed E-state index contributed by atoms with van der Waals surface area (Å²) in [5.41, 5.74) is 0.962. The Labute approximate surface area is 95.1 Å². The van der Waals surface area contributed by atoms with E-state index in [2.05, 4.69) is 0 Å². The molecule has 0 aliphatic carbocycles. The van der Waals surface area contributed by atoms with Crippen LogP contribution in [0, 0.1) is 0 Å². The summed E-state index contributed by atoms with van der Waals surface area (Å²) in [5, 5.41) is 0. The third-order valence-electron chi connectivity index (χ3n) is 3.03. The summed E-state index contributed by atoms with van der Waals surface area (Å²) in [6.45, 7) is 2.61. The van der Waals surface area contributed by atoms with Gasteiger partial charge in [0.05, 0.1) is 6.04 Å². The van der Waals surface area contributed by atoms with Crippen molar-refractivity contribution < 1.29 is 9.18 Å². The lowest BCUT2D eigenvalue weighted by Crippen LogP contribution is -2.31. The number of halogens is 1. The standard InChI is InChI=1S/C13H16FNO/c1-10(16)13(11-5-3-2-4-6-11)15-8-7-12(14)9-15/h2-6,12-13H,7-9H2,1H3/t12-,13-/m0/s1. The first-order valence-corrected chi connectivity index (χ1v) is 5.62. The van der Waals surface area contributed by atoms with Gasteiger partial charge < -0.3 is 0 Å². The Hall–Kier alpha value is -1.22. The monoisotopic (exact) mass is 221 g/mol. The van der Waals surface area contributed by atoms with Crippen molar-refractivity contribution in [1.82, 2.24) is 4.90 Å². The molecule has 2 atom stereocenters. The van der Waals surface area contributed by atoms with Gasteiger partial charge in [0.1, 0.15) is 6.17 Å². The van der Waals surface area contributed by atoms with Crippen molar-refractivity contribution in [2.75, 3.05) is 13.1 Å². The van der Waals surface area contributed by atoms with Gasteiger partial charge in [-0.05, 0) is 18.9 Å². The van der Waals surface area contributed by atoms with Gasteiger partial charge in [-0.3, -0.25) is 9.69 Å². The Morgan fingerprint density at radius 2 is 2.12 bits per heavy atom. The highest BCUT2D eigenvalue weighted by molar-refractivity contribution is 5.82. The minimum Gasteiger partial charge on any atom is -0.298 e. The largest absolute Gasteiger partial charge is 0.298 e. The quantitative estimate of drug-likeness (QED) is 0.781. The molecule has 1 heterocycles. The van der Waals surface area contributed by atoms with Gasteiger partial charge >= 0.3 is 0 Å². The van der Waals surface area contributed by atoms with E-state index in [4.69, 9.17) is 0 Å². The Kier molecular flexibility index (Phi) is 3.34. The lowest BCUT2D eigenvalue weighted by atomic mass is 10.0. The zero-order chi connectivity index (χ0) is 11.5. The first kappa shape index (κ1) is 11.3. The van der Waals surface area contributed by atoms with Gasteiger partial charge in [-0.1, -0.05) is 30.3 Å². The topological polar surface area (TPSA) is 20.3 Å². The summed E-state index contributed by atoms with van der Waals surface area (Å²) < 4.78 is 13.2. The molecule has 0 saturated carbocycles. The molecule has 16 heavy (non-hydrogen) atoms. The average molecular weight is 221 g/mol. The molecule has 1 saturated heterocycles. The predicted molar refractivity (Wildman–Crippen MR) is 61.0 cm³/mol. The molecule has 1 aliphatic heterocycles. The maximum atomic E-state index is 13.2. The third-order valence-corrected chi connectivity index (χ3v) is 3.03. The fourth-order valence-electron chi connectivity index (χ4n) is 2.32. The zero-order valence-corrected chi connectivity index (χ0v) is 9.40. The number of carbonyl (C=O) groups excluding carboxylic acids is 1. The number of nitrogens with zero attached hydrogens (tertiary/aromatic N) is 1. The molecule has 0 aromatic heterocycles. The molecule has 86 valence electrons. The minimum absolute atomic E-state index is 0.0836. The van der Waals surface area contributed by atoms with Crippen molar-refractivity contribution in [2.24, 2.45) is 0 Å². The molecule has 2 nitrogen and oxygen atoms in total. The van der Waals surface area contributed by atoms with Crippen LogP contribution in [0.25, 0.3) is 0 Å². The van der Waals surface area contributed by atoms with Crippen LogP contribution >= 0.6 is 0 Å². The number of rotatable bonds is 3. The number of alkyl halides is 1. The van der Waals surface area contributed by atoms with E-state index in [0.29, 0.717) is 19.5 Å². The predicted octanol–water partition coefficient (Wildman–Crippen LogP) is 2.36. The number of hydrogen-bond donors (Lipinski definition) is 0. The SMILES string of the molecule is CC(=O)[C@@H](c1ccccc1)N1CC[C@H](F)C1. The highest BCUT2D eigenvalue weighted by Crippen LogP contribution is 2.26. The highest BCUT2D eigenvalue weighted by Gasteiger charge is 2.31. The maximum absolute atomic E-state index is 13.2. The smallest absolute Gasteiger partial charge is 0.151 e. The molecular weight excluding hydrogens is 205 g/mol. The van der Waals surface area contributed by atoms with Gasteiger partial charge in [0.25, 0.3) is 0 Å². The first-order valence-electron chi connectivity index (χ1n) is 5.62. The Balaban J connectivity index is 2.21. The number of carbonyl (C=O) groups is 1. The summed E-state index contributed by atoms with van der Waals surface area (Å²) in [5.74, 6) is 0.0836. The van der Waals surface area contributed by atoms with E-state index >= 15 is 0 Å². The van der Waals surface area contributed by atoms with Gasteiger partial charge in [0.15, 0.2) is 5.78 Å². The summed E-state index contributed by atoms with van der Waals surface area (Å²) in [7, 11) is 0. The van der Waals surface area contributed by atoms with Crippen LogP contribution in [0.3, 0.4) is 0 Å². The van der Waals surface area contributed by atoms with E-state index < -0.39 is 6.17 Å². The number of benzene rings is 1. The molecule has 0 radical (unpaired) electrons. The van der Waals surface area contributed by atoms with Crippen molar-refractivity contribution in [2.45, 2.75) is 25.6 Å². The van der Waals surface area contributed by atoms with Gasteiger partial charge in [-0.25, -0.2) is 4.39 Å². The van der Waals surface area contributed by atoms with Crippen LogP contribution in [-0.4, -0.2) is 29.9 Å². The van der Waals surface area contributed by atoms with Crippen LogP contribution < -0.4 is 0 Å². The minimum atomic E-state index is -0.787. The Morgan fingerprint density at radius 3 is 2.62 bits per heavy atom. The van der Waals surface area contributed by atoms with Crippen LogP contribution in [0.4, 0.5) is 4.39 Å². The zero-order valence-electron chi connectivity index (χ0n) is 9.40. The second kappa shape index (κ2) is 4.74. The molecular formula is C13H16FNO. The second-order valence-corrected chi connectivity index (χ2v) is 4.30. The first-order chi connectivity index (χ1) is 7.68. The summed E-state index contributed by atoms with van der Waals surface area (Å²) >= 11 is 0. The highest BCUT2D eigenvalue weighted by atomic mass is 19.1. The molecule has 0 amide bonds.